The predicted octanol–water partition coefficient (Wildman–Crippen LogP) is 3.77. The van der Waals surface area contributed by atoms with Crippen LogP contribution in [0.4, 0.5) is 0 Å². The first-order valence-electron chi connectivity index (χ1n) is 7.25. The minimum atomic E-state index is -0.203. The largest absolute Gasteiger partial charge is 0.497 e. The molecule has 1 heterocycles. The molecule has 116 valence electrons. The Morgan fingerprint density at radius 2 is 1.91 bits per heavy atom. The lowest BCUT2D eigenvalue weighted by Crippen LogP contribution is -2.03. The Morgan fingerprint density at radius 1 is 1.23 bits per heavy atom. The normalized spacial score (nSPS) is 11.7. The zero-order chi connectivity index (χ0) is 15.9. The quantitative estimate of drug-likeness (QED) is 0.728. The molecule has 1 atom stereocenters. The summed E-state index contributed by atoms with van der Waals surface area (Å²) < 4.78 is 15.9. The van der Waals surface area contributed by atoms with Crippen LogP contribution in [0.3, 0.4) is 0 Å². The lowest BCUT2D eigenvalue weighted by atomic mass is 9.94. The van der Waals surface area contributed by atoms with E-state index in [4.69, 9.17) is 14.0 Å². The van der Waals surface area contributed by atoms with Gasteiger partial charge in [-0.1, -0.05) is 5.16 Å². The topological polar surface area (TPSA) is 68.3 Å². The summed E-state index contributed by atoms with van der Waals surface area (Å²) in [7, 11) is 1.63. The van der Waals surface area contributed by atoms with Gasteiger partial charge in [0.2, 0.25) is 0 Å². The number of nitrogens with zero attached hydrogens (tertiary/aromatic N) is 2. The second-order valence-electron chi connectivity index (χ2n) is 5.09. The molecule has 0 saturated heterocycles. The molecule has 0 saturated carbocycles. The number of hydrogen-bond donors (Lipinski definition) is 0. The average molecular weight is 300 g/mol. The van der Waals surface area contributed by atoms with Gasteiger partial charge in [-0.2, -0.15) is 5.26 Å². The van der Waals surface area contributed by atoms with Crippen LogP contribution in [0.15, 0.2) is 28.8 Å². The van der Waals surface area contributed by atoms with Gasteiger partial charge >= 0.3 is 0 Å². The maximum absolute atomic E-state index is 9.35. The van der Waals surface area contributed by atoms with Crippen molar-refractivity contribution in [3.63, 3.8) is 0 Å². The van der Waals surface area contributed by atoms with Crippen LogP contribution in [0.5, 0.6) is 11.5 Å². The fourth-order valence-electron chi connectivity index (χ4n) is 2.41. The van der Waals surface area contributed by atoms with E-state index in [1.165, 1.54) is 0 Å². The molecule has 0 fully saturated rings. The summed E-state index contributed by atoms with van der Waals surface area (Å²) >= 11 is 0. The molecule has 1 unspecified atom stereocenters. The van der Waals surface area contributed by atoms with Crippen LogP contribution < -0.4 is 9.47 Å². The molecule has 1 aromatic heterocycles. The number of aromatic nitrogens is 1. The highest BCUT2D eigenvalue weighted by molar-refractivity contribution is 5.31. The molecule has 0 amide bonds. The molecule has 5 nitrogen and oxygen atoms in total. The first-order valence-corrected chi connectivity index (χ1v) is 7.25. The van der Waals surface area contributed by atoms with E-state index >= 15 is 0 Å². The van der Waals surface area contributed by atoms with E-state index in [1.54, 1.807) is 7.11 Å². The third-order valence-electron chi connectivity index (χ3n) is 3.56. The molecule has 2 aromatic rings. The van der Waals surface area contributed by atoms with Crippen molar-refractivity contribution in [2.24, 2.45) is 0 Å². The third kappa shape index (κ3) is 3.79. The Morgan fingerprint density at radius 3 is 2.45 bits per heavy atom. The smallest absolute Gasteiger partial charge is 0.138 e. The van der Waals surface area contributed by atoms with E-state index < -0.39 is 0 Å². The number of benzene rings is 1. The maximum Gasteiger partial charge on any atom is 0.138 e. The molecule has 0 N–H and O–H groups in total. The van der Waals surface area contributed by atoms with Crippen LogP contribution in [0, 0.1) is 25.2 Å². The third-order valence-corrected chi connectivity index (χ3v) is 3.56. The van der Waals surface area contributed by atoms with Gasteiger partial charge < -0.3 is 14.0 Å². The minimum absolute atomic E-state index is 0.203. The predicted molar refractivity (Wildman–Crippen MR) is 82.1 cm³/mol. The SMILES string of the molecule is COc1ccc(OCCCC(C#N)c2c(C)noc2C)cc1. The Hall–Kier alpha value is -2.48. The fraction of sp³-hybridized carbons (Fsp3) is 0.412. The van der Waals surface area contributed by atoms with Gasteiger partial charge in [-0.15, -0.1) is 0 Å². The molecule has 0 spiro atoms. The Kier molecular flexibility index (Phi) is 5.42. The van der Waals surface area contributed by atoms with Gasteiger partial charge in [0.15, 0.2) is 0 Å². The first kappa shape index (κ1) is 15.9. The number of aryl methyl sites for hydroxylation is 2. The number of nitriles is 1. The van der Waals surface area contributed by atoms with Crippen molar-refractivity contribution in [3.05, 3.63) is 41.3 Å². The van der Waals surface area contributed by atoms with E-state index in [0.717, 1.165) is 41.4 Å². The highest BCUT2D eigenvalue weighted by Gasteiger charge is 2.19. The second-order valence-corrected chi connectivity index (χ2v) is 5.09. The maximum atomic E-state index is 9.35. The van der Waals surface area contributed by atoms with Crippen molar-refractivity contribution >= 4 is 0 Å². The van der Waals surface area contributed by atoms with Crippen molar-refractivity contribution in [2.45, 2.75) is 32.6 Å². The van der Waals surface area contributed by atoms with E-state index in [-0.39, 0.29) is 5.92 Å². The molecular formula is C17H20N2O3. The van der Waals surface area contributed by atoms with Crippen LogP contribution in [0.1, 0.15) is 35.8 Å². The summed E-state index contributed by atoms with van der Waals surface area (Å²) in [6, 6.07) is 9.78. The van der Waals surface area contributed by atoms with E-state index in [0.29, 0.717) is 6.61 Å². The molecule has 5 heteroatoms. The van der Waals surface area contributed by atoms with E-state index in [9.17, 15) is 5.26 Å². The summed E-state index contributed by atoms with van der Waals surface area (Å²) in [5.41, 5.74) is 1.70. The highest BCUT2D eigenvalue weighted by Crippen LogP contribution is 2.27. The fourth-order valence-corrected chi connectivity index (χ4v) is 2.41. The molecule has 0 aliphatic heterocycles. The first-order chi connectivity index (χ1) is 10.7. The van der Waals surface area contributed by atoms with Gasteiger partial charge in [0.25, 0.3) is 0 Å². The summed E-state index contributed by atoms with van der Waals surface area (Å²) in [5, 5.41) is 13.3. The van der Waals surface area contributed by atoms with Crippen LogP contribution >= 0.6 is 0 Å². The van der Waals surface area contributed by atoms with Gasteiger partial charge in [0.1, 0.15) is 17.3 Å². The number of methoxy groups -OCH3 is 1. The van der Waals surface area contributed by atoms with Crippen molar-refractivity contribution in [1.29, 1.82) is 5.26 Å². The van der Waals surface area contributed by atoms with Crippen LogP contribution in [-0.4, -0.2) is 18.9 Å². The van der Waals surface area contributed by atoms with Crippen molar-refractivity contribution in [3.8, 4) is 17.6 Å². The second kappa shape index (κ2) is 7.51. The Bertz CT molecular complexity index is 621. The van der Waals surface area contributed by atoms with E-state index in [1.807, 2.05) is 38.1 Å². The summed E-state index contributed by atoms with van der Waals surface area (Å²) in [6.07, 6.45) is 1.50. The van der Waals surface area contributed by atoms with Gasteiger partial charge in [0, 0.05) is 5.56 Å². The summed E-state index contributed by atoms with van der Waals surface area (Å²) in [4.78, 5) is 0. The molecule has 0 aliphatic carbocycles. The molecule has 1 aromatic carbocycles. The van der Waals surface area contributed by atoms with Crippen molar-refractivity contribution < 1.29 is 14.0 Å². The standard InChI is InChI=1S/C17H20N2O3/c1-12-17(13(2)22-19-12)14(11-18)5-4-10-21-16-8-6-15(20-3)7-9-16/h6-9,14H,4-5,10H2,1-3H3. The van der Waals surface area contributed by atoms with Gasteiger partial charge in [-0.3, -0.25) is 0 Å². The molecule has 0 radical (unpaired) electrons. The van der Waals surface area contributed by atoms with Crippen molar-refractivity contribution in [2.75, 3.05) is 13.7 Å². The zero-order valence-corrected chi connectivity index (χ0v) is 13.1. The summed E-state index contributed by atoms with van der Waals surface area (Å²) in [5.74, 6) is 2.12. The monoisotopic (exact) mass is 300 g/mol. The Balaban J connectivity index is 1.83. The average Bonchev–Trinajstić information content (AvgIpc) is 2.87. The van der Waals surface area contributed by atoms with E-state index in [2.05, 4.69) is 11.2 Å². The van der Waals surface area contributed by atoms with Crippen molar-refractivity contribution in [1.82, 2.24) is 5.16 Å². The van der Waals surface area contributed by atoms with Crippen LogP contribution in [0.2, 0.25) is 0 Å². The van der Waals surface area contributed by atoms with Crippen LogP contribution in [-0.2, 0) is 0 Å². The van der Waals surface area contributed by atoms with Gasteiger partial charge in [0.05, 0.1) is 31.4 Å². The molecule has 22 heavy (non-hydrogen) atoms. The highest BCUT2D eigenvalue weighted by atomic mass is 16.5. The lowest BCUT2D eigenvalue weighted by molar-refractivity contribution is 0.304. The number of hydrogen-bond acceptors (Lipinski definition) is 5. The number of ether oxygens (including phenoxy) is 2. The van der Waals surface area contributed by atoms with Crippen LogP contribution in [0.25, 0.3) is 0 Å². The molecule has 0 aliphatic rings. The molecule has 0 bridgehead atoms. The molecule has 2 rings (SSSR count). The lowest BCUT2D eigenvalue weighted by Gasteiger charge is -2.10. The minimum Gasteiger partial charge on any atom is -0.497 e. The molecular weight excluding hydrogens is 280 g/mol. The van der Waals surface area contributed by atoms with Gasteiger partial charge in [-0.05, 0) is 51.0 Å². The summed E-state index contributed by atoms with van der Waals surface area (Å²) in [6.45, 7) is 4.27. The van der Waals surface area contributed by atoms with Gasteiger partial charge in [-0.25, -0.2) is 0 Å². The zero-order valence-electron chi connectivity index (χ0n) is 13.1. The number of rotatable bonds is 7. The Labute approximate surface area is 130 Å².